The summed E-state index contributed by atoms with van der Waals surface area (Å²) in [6.07, 6.45) is 7.76. The lowest BCUT2D eigenvalue weighted by atomic mass is 10.1. The van der Waals surface area contributed by atoms with Crippen molar-refractivity contribution in [3.63, 3.8) is 0 Å². The number of para-hydroxylation sites is 1. The van der Waals surface area contributed by atoms with E-state index in [0.29, 0.717) is 22.6 Å². The van der Waals surface area contributed by atoms with Crippen LogP contribution in [-0.4, -0.2) is 16.8 Å². The second kappa shape index (κ2) is 9.40. The smallest absolute Gasteiger partial charge is 0.262 e. The van der Waals surface area contributed by atoms with Gasteiger partial charge in [-0.3, -0.25) is 14.6 Å². The zero-order valence-electron chi connectivity index (χ0n) is 16.3. The summed E-state index contributed by atoms with van der Waals surface area (Å²) < 4.78 is 14.6. The molecule has 31 heavy (non-hydrogen) atoms. The van der Waals surface area contributed by atoms with Crippen LogP contribution < -0.4 is 10.6 Å². The Morgan fingerprint density at radius 1 is 1.16 bits per heavy atom. The number of thioether (sulfide) groups is 1. The standard InChI is InChI=1S/C24H18FN3O2S/c25-19-12-16(8-10-23(29)27-15-17-4-3-11-26-14-17)7-9-18(19)13-22-24(30)28-20-5-1-2-6-21(20)31-22/h1-14H,15H2,(H,27,29)(H,28,30)/b10-8+,22-13?. The first-order valence-corrected chi connectivity index (χ1v) is 10.3. The van der Waals surface area contributed by atoms with Gasteiger partial charge in [0.25, 0.3) is 5.91 Å². The molecule has 7 heteroatoms. The summed E-state index contributed by atoms with van der Waals surface area (Å²) in [5, 5.41) is 5.55. The van der Waals surface area contributed by atoms with Crippen LogP contribution in [0.4, 0.5) is 10.1 Å². The number of nitrogens with one attached hydrogen (secondary N) is 2. The monoisotopic (exact) mass is 431 g/mol. The predicted octanol–water partition coefficient (Wildman–Crippen LogP) is 4.64. The van der Waals surface area contributed by atoms with Gasteiger partial charge in [-0.15, -0.1) is 0 Å². The maximum absolute atomic E-state index is 14.6. The summed E-state index contributed by atoms with van der Waals surface area (Å²) in [7, 11) is 0. The molecule has 0 bridgehead atoms. The normalized spacial score (nSPS) is 14.4. The number of benzene rings is 2. The predicted molar refractivity (Wildman–Crippen MR) is 120 cm³/mol. The topological polar surface area (TPSA) is 71.1 Å². The van der Waals surface area contributed by atoms with Crippen LogP contribution in [0.1, 0.15) is 16.7 Å². The van der Waals surface area contributed by atoms with E-state index in [1.165, 1.54) is 36.1 Å². The van der Waals surface area contributed by atoms with Crippen molar-refractivity contribution in [2.45, 2.75) is 11.4 Å². The maximum Gasteiger partial charge on any atom is 0.262 e. The fraction of sp³-hybridized carbons (Fsp3) is 0.0417. The first kappa shape index (κ1) is 20.6. The molecule has 2 aromatic carbocycles. The van der Waals surface area contributed by atoms with Gasteiger partial charge in [-0.2, -0.15) is 0 Å². The molecular formula is C24H18FN3O2S. The number of halogens is 1. The average molecular weight is 431 g/mol. The molecule has 2 amide bonds. The van der Waals surface area contributed by atoms with Crippen LogP contribution in [0.3, 0.4) is 0 Å². The number of pyridine rings is 1. The zero-order chi connectivity index (χ0) is 21.6. The molecule has 0 spiro atoms. The van der Waals surface area contributed by atoms with E-state index in [-0.39, 0.29) is 11.8 Å². The molecule has 0 radical (unpaired) electrons. The molecule has 1 aliphatic heterocycles. The molecule has 0 unspecified atom stereocenters. The molecule has 2 heterocycles. The van der Waals surface area contributed by atoms with Gasteiger partial charge in [0.15, 0.2) is 0 Å². The summed E-state index contributed by atoms with van der Waals surface area (Å²) in [6.45, 7) is 0.362. The fourth-order valence-corrected chi connectivity index (χ4v) is 3.87. The number of carbonyl (C=O) groups is 2. The second-order valence-corrected chi connectivity index (χ2v) is 7.84. The molecule has 0 saturated heterocycles. The highest BCUT2D eigenvalue weighted by molar-refractivity contribution is 8.04. The van der Waals surface area contributed by atoms with Gasteiger partial charge in [-0.1, -0.05) is 42.1 Å². The van der Waals surface area contributed by atoms with E-state index in [9.17, 15) is 14.0 Å². The van der Waals surface area contributed by atoms with E-state index in [0.717, 1.165) is 16.1 Å². The summed E-state index contributed by atoms with van der Waals surface area (Å²) in [5.41, 5.74) is 2.48. The lowest BCUT2D eigenvalue weighted by Crippen LogP contribution is -2.20. The molecule has 0 aliphatic carbocycles. The number of hydrogen-bond acceptors (Lipinski definition) is 4. The Hall–Kier alpha value is -3.71. The van der Waals surface area contributed by atoms with Crippen LogP contribution in [0.2, 0.25) is 0 Å². The highest BCUT2D eigenvalue weighted by atomic mass is 32.2. The quantitative estimate of drug-likeness (QED) is 0.578. The van der Waals surface area contributed by atoms with Crippen molar-refractivity contribution in [1.29, 1.82) is 0 Å². The fourth-order valence-electron chi connectivity index (χ4n) is 2.93. The van der Waals surface area contributed by atoms with E-state index >= 15 is 0 Å². The number of hydrogen-bond donors (Lipinski definition) is 2. The van der Waals surface area contributed by atoms with Crippen LogP contribution in [0.5, 0.6) is 0 Å². The summed E-state index contributed by atoms with van der Waals surface area (Å²) >= 11 is 1.30. The highest BCUT2D eigenvalue weighted by Gasteiger charge is 2.20. The van der Waals surface area contributed by atoms with Gasteiger partial charge in [-0.05, 0) is 47.5 Å². The molecular weight excluding hydrogens is 413 g/mol. The van der Waals surface area contributed by atoms with Gasteiger partial charge in [0.05, 0.1) is 10.6 Å². The first-order valence-electron chi connectivity index (χ1n) is 9.53. The lowest BCUT2D eigenvalue weighted by Gasteiger charge is -2.18. The van der Waals surface area contributed by atoms with Crippen molar-refractivity contribution in [3.8, 4) is 0 Å². The maximum atomic E-state index is 14.6. The minimum absolute atomic E-state index is 0.266. The van der Waals surface area contributed by atoms with Crippen LogP contribution >= 0.6 is 11.8 Å². The van der Waals surface area contributed by atoms with Crippen molar-refractivity contribution in [2.24, 2.45) is 0 Å². The van der Waals surface area contributed by atoms with Crippen LogP contribution in [0.25, 0.3) is 12.2 Å². The van der Waals surface area contributed by atoms with Crippen LogP contribution in [-0.2, 0) is 16.1 Å². The molecule has 0 fully saturated rings. The minimum Gasteiger partial charge on any atom is -0.348 e. The molecule has 5 nitrogen and oxygen atoms in total. The number of rotatable bonds is 5. The third kappa shape index (κ3) is 5.26. The molecule has 1 aromatic heterocycles. The van der Waals surface area contributed by atoms with E-state index in [2.05, 4.69) is 15.6 Å². The van der Waals surface area contributed by atoms with Gasteiger partial charge < -0.3 is 10.6 Å². The first-order chi connectivity index (χ1) is 15.1. The zero-order valence-corrected chi connectivity index (χ0v) is 17.2. The molecule has 2 N–H and O–H groups in total. The molecule has 0 saturated carbocycles. The Bertz CT molecular complexity index is 1190. The average Bonchev–Trinajstić information content (AvgIpc) is 2.79. The van der Waals surface area contributed by atoms with Crippen molar-refractivity contribution in [1.82, 2.24) is 10.3 Å². The number of nitrogens with zero attached hydrogens (tertiary/aromatic N) is 1. The van der Waals surface area contributed by atoms with E-state index in [1.54, 1.807) is 30.6 Å². The van der Waals surface area contributed by atoms with Crippen LogP contribution in [0.15, 0.2) is 82.9 Å². The summed E-state index contributed by atoms with van der Waals surface area (Å²) in [6, 6.07) is 15.7. The van der Waals surface area contributed by atoms with Gasteiger partial charge in [-0.25, -0.2) is 4.39 Å². The van der Waals surface area contributed by atoms with Gasteiger partial charge in [0.1, 0.15) is 5.82 Å². The van der Waals surface area contributed by atoms with E-state index in [4.69, 9.17) is 0 Å². The molecule has 0 atom stereocenters. The third-order valence-electron chi connectivity index (χ3n) is 4.51. The Morgan fingerprint density at radius 3 is 2.84 bits per heavy atom. The minimum atomic E-state index is -0.474. The molecule has 4 rings (SSSR count). The number of carbonyl (C=O) groups excluding carboxylic acids is 2. The Labute approximate surface area is 183 Å². The van der Waals surface area contributed by atoms with Crippen LogP contribution in [0, 0.1) is 5.82 Å². The Morgan fingerprint density at radius 2 is 2.03 bits per heavy atom. The van der Waals surface area contributed by atoms with Gasteiger partial charge >= 0.3 is 0 Å². The largest absolute Gasteiger partial charge is 0.348 e. The third-order valence-corrected chi connectivity index (χ3v) is 5.61. The molecule has 154 valence electrons. The van der Waals surface area contributed by atoms with Crippen molar-refractivity contribution >= 4 is 41.4 Å². The van der Waals surface area contributed by atoms with Gasteiger partial charge in [0.2, 0.25) is 5.91 Å². The second-order valence-electron chi connectivity index (χ2n) is 6.75. The molecule has 1 aliphatic rings. The Balaban J connectivity index is 1.42. The van der Waals surface area contributed by atoms with Crippen molar-refractivity contribution in [3.05, 3.63) is 100 Å². The SMILES string of the molecule is O=C(/C=C/c1ccc(C=C2Sc3ccccc3NC2=O)c(F)c1)NCc1cccnc1. The highest BCUT2D eigenvalue weighted by Crippen LogP contribution is 2.38. The number of fused-ring (bicyclic) bond motifs is 1. The number of aromatic nitrogens is 1. The van der Waals surface area contributed by atoms with E-state index < -0.39 is 5.82 Å². The van der Waals surface area contributed by atoms with Crippen molar-refractivity contribution in [2.75, 3.05) is 5.32 Å². The van der Waals surface area contributed by atoms with Gasteiger partial charge in [0, 0.05) is 35.5 Å². The summed E-state index contributed by atoms with van der Waals surface area (Å²) in [4.78, 5) is 29.6. The molecule has 3 aromatic rings. The lowest BCUT2D eigenvalue weighted by molar-refractivity contribution is -0.116. The van der Waals surface area contributed by atoms with E-state index in [1.807, 2.05) is 30.3 Å². The number of amides is 2. The number of anilines is 1. The van der Waals surface area contributed by atoms with Crippen molar-refractivity contribution < 1.29 is 14.0 Å². The summed E-state index contributed by atoms with van der Waals surface area (Å²) in [5.74, 6) is -1.03. The Kier molecular flexibility index (Phi) is 6.24.